The number of fused-ring (bicyclic) bond motifs is 3. The van der Waals surface area contributed by atoms with Crippen LogP contribution in [0, 0.1) is 5.92 Å². The molecule has 1 aromatic rings. The average molecular weight is 397 g/mol. The van der Waals surface area contributed by atoms with Gasteiger partial charge in [-0.05, 0) is 81.0 Å². The molecule has 3 heterocycles. The molecule has 6 nitrogen and oxygen atoms in total. The summed E-state index contributed by atoms with van der Waals surface area (Å²) in [6.45, 7) is 1.22. The van der Waals surface area contributed by atoms with Crippen molar-refractivity contribution in [2.45, 2.75) is 82.0 Å². The number of nitrogens with one attached hydrogen (secondary N) is 2. The number of hydrogen-bond donors (Lipinski definition) is 3. The normalized spacial score (nSPS) is 34.0. The van der Waals surface area contributed by atoms with Crippen molar-refractivity contribution in [1.82, 2.24) is 10.2 Å². The van der Waals surface area contributed by atoms with E-state index >= 15 is 0 Å². The van der Waals surface area contributed by atoms with E-state index in [9.17, 15) is 9.59 Å². The van der Waals surface area contributed by atoms with Crippen LogP contribution in [0.2, 0.25) is 0 Å². The van der Waals surface area contributed by atoms with Gasteiger partial charge >= 0.3 is 0 Å². The second-order valence-corrected chi connectivity index (χ2v) is 9.60. The molecule has 1 saturated carbocycles. The van der Waals surface area contributed by atoms with E-state index < -0.39 is 0 Å². The predicted octanol–water partition coefficient (Wildman–Crippen LogP) is 2.42. The van der Waals surface area contributed by atoms with Gasteiger partial charge in [0.2, 0.25) is 5.91 Å². The number of benzene rings is 1. The minimum Gasteiger partial charge on any atom is -0.349 e. The van der Waals surface area contributed by atoms with Crippen LogP contribution in [0.4, 0.5) is 5.69 Å². The third kappa shape index (κ3) is 3.92. The average Bonchev–Trinajstić information content (AvgIpc) is 3.18. The Hall–Kier alpha value is -1.92. The van der Waals surface area contributed by atoms with Crippen LogP contribution < -0.4 is 16.4 Å². The Bertz CT molecular complexity index is 788. The van der Waals surface area contributed by atoms with Gasteiger partial charge in [0.05, 0.1) is 6.42 Å². The van der Waals surface area contributed by atoms with E-state index in [4.69, 9.17) is 5.73 Å². The summed E-state index contributed by atoms with van der Waals surface area (Å²) < 4.78 is 0. The molecule has 3 atom stereocenters. The lowest BCUT2D eigenvalue weighted by Crippen LogP contribution is -2.51. The van der Waals surface area contributed by atoms with E-state index in [2.05, 4.69) is 15.5 Å². The molecular weight excluding hydrogens is 364 g/mol. The van der Waals surface area contributed by atoms with Gasteiger partial charge in [-0.25, -0.2) is 0 Å². The molecule has 6 heteroatoms. The number of amides is 2. The number of hydrogen-bond acceptors (Lipinski definition) is 4. The Morgan fingerprint density at radius 1 is 1.10 bits per heavy atom. The molecule has 4 N–H and O–H groups in total. The molecule has 0 unspecified atom stereocenters. The number of piperidine rings is 1. The molecule has 3 aliphatic heterocycles. The molecule has 5 rings (SSSR count). The summed E-state index contributed by atoms with van der Waals surface area (Å²) in [5, 5.41) is 6.10. The van der Waals surface area contributed by atoms with Gasteiger partial charge in [0.1, 0.15) is 0 Å². The van der Waals surface area contributed by atoms with Gasteiger partial charge in [-0.1, -0.05) is 0 Å². The lowest BCUT2D eigenvalue weighted by atomic mass is 9.85. The van der Waals surface area contributed by atoms with Crippen molar-refractivity contribution in [1.29, 1.82) is 0 Å². The summed E-state index contributed by atoms with van der Waals surface area (Å²) in [5.74, 6) is 0.791. The molecule has 2 amide bonds. The van der Waals surface area contributed by atoms with Gasteiger partial charge < -0.3 is 16.4 Å². The SMILES string of the molecule is N[C@H]1CC[C@H](CN2[C@@H]3CC[C@H]2C[C@@H](NC(=O)c2ccc4c(c2)CC(=O)N4)C3)CC1. The first-order chi connectivity index (χ1) is 14.0. The summed E-state index contributed by atoms with van der Waals surface area (Å²) in [6, 6.07) is 7.41. The molecule has 0 spiro atoms. The van der Waals surface area contributed by atoms with E-state index in [1.54, 1.807) is 0 Å². The maximum atomic E-state index is 12.8. The second-order valence-electron chi connectivity index (χ2n) is 9.60. The van der Waals surface area contributed by atoms with Crippen molar-refractivity contribution in [2.75, 3.05) is 11.9 Å². The first-order valence-corrected chi connectivity index (χ1v) is 11.3. The highest BCUT2D eigenvalue weighted by Gasteiger charge is 2.42. The highest BCUT2D eigenvalue weighted by atomic mass is 16.2. The molecule has 1 aromatic carbocycles. The van der Waals surface area contributed by atoms with Crippen molar-refractivity contribution in [2.24, 2.45) is 11.7 Å². The van der Waals surface area contributed by atoms with Crippen LogP contribution in [-0.2, 0) is 11.2 Å². The zero-order valence-corrected chi connectivity index (χ0v) is 17.0. The Morgan fingerprint density at radius 2 is 1.83 bits per heavy atom. The van der Waals surface area contributed by atoms with Gasteiger partial charge in [-0.3, -0.25) is 14.5 Å². The highest BCUT2D eigenvalue weighted by molar-refractivity contribution is 6.01. The molecule has 29 heavy (non-hydrogen) atoms. The van der Waals surface area contributed by atoms with Gasteiger partial charge in [-0.2, -0.15) is 0 Å². The number of carbonyl (C=O) groups excluding carboxylic acids is 2. The number of rotatable bonds is 4. The van der Waals surface area contributed by atoms with Crippen molar-refractivity contribution < 1.29 is 9.59 Å². The third-order valence-electron chi connectivity index (χ3n) is 7.57. The standard InChI is InChI=1S/C23H32N4O2/c24-17-4-1-14(2-5-17)13-27-19-6-7-20(27)12-18(11-19)25-23(29)15-3-8-21-16(9-15)10-22(28)26-21/h3,8-9,14,17-20H,1-2,4-7,10-13,24H2,(H,25,29)(H,26,28)/t14-,17-,18-,19+,20-. The second kappa shape index (κ2) is 7.73. The number of nitrogens with zero attached hydrogens (tertiary/aromatic N) is 1. The van der Waals surface area contributed by atoms with Crippen LogP contribution in [0.3, 0.4) is 0 Å². The summed E-state index contributed by atoms with van der Waals surface area (Å²) in [6.07, 6.45) is 9.89. The van der Waals surface area contributed by atoms with Crippen LogP contribution in [-0.4, -0.2) is 47.4 Å². The molecule has 0 aromatic heterocycles. The van der Waals surface area contributed by atoms with E-state index in [1.165, 1.54) is 45.1 Å². The lowest BCUT2D eigenvalue weighted by Gasteiger charge is -2.42. The number of anilines is 1. The third-order valence-corrected chi connectivity index (χ3v) is 7.57. The van der Waals surface area contributed by atoms with Crippen LogP contribution in [0.1, 0.15) is 67.3 Å². The van der Waals surface area contributed by atoms with E-state index in [-0.39, 0.29) is 17.9 Å². The Labute approximate surface area is 172 Å². The summed E-state index contributed by atoms with van der Waals surface area (Å²) >= 11 is 0. The minimum absolute atomic E-state index is 0.00135. The predicted molar refractivity (Wildman–Crippen MR) is 113 cm³/mol. The summed E-state index contributed by atoms with van der Waals surface area (Å²) in [7, 11) is 0. The number of carbonyl (C=O) groups is 2. The van der Waals surface area contributed by atoms with Crippen LogP contribution in [0.25, 0.3) is 0 Å². The maximum absolute atomic E-state index is 12.8. The van der Waals surface area contributed by atoms with E-state index in [1.807, 2.05) is 18.2 Å². The van der Waals surface area contributed by atoms with Gasteiger partial charge in [0.15, 0.2) is 0 Å². The fourth-order valence-corrected chi connectivity index (χ4v) is 6.00. The first kappa shape index (κ1) is 19.1. The summed E-state index contributed by atoms with van der Waals surface area (Å²) in [4.78, 5) is 27.1. The molecule has 3 fully saturated rings. The Morgan fingerprint density at radius 3 is 2.55 bits per heavy atom. The van der Waals surface area contributed by atoms with Crippen molar-refractivity contribution >= 4 is 17.5 Å². The van der Waals surface area contributed by atoms with E-state index in [0.717, 1.165) is 30.0 Å². The van der Waals surface area contributed by atoms with Gasteiger partial charge in [-0.15, -0.1) is 0 Å². The molecule has 0 radical (unpaired) electrons. The summed E-state index contributed by atoms with van der Waals surface area (Å²) in [5.41, 5.74) is 8.49. The smallest absolute Gasteiger partial charge is 0.251 e. The fraction of sp³-hybridized carbons (Fsp3) is 0.652. The van der Waals surface area contributed by atoms with Crippen LogP contribution in [0.15, 0.2) is 18.2 Å². The zero-order valence-electron chi connectivity index (χ0n) is 17.0. The van der Waals surface area contributed by atoms with E-state index in [0.29, 0.717) is 30.1 Å². The minimum atomic E-state index is -0.00809. The largest absolute Gasteiger partial charge is 0.349 e. The Balaban J connectivity index is 1.18. The van der Waals surface area contributed by atoms with Gasteiger partial charge in [0, 0.05) is 42.0 Å². The van der Waals surface area contributed by atoms with Crippen molar-refractivity contribution in [3.8, 4) is 0 Å². The first-order valence-electron chi connectivity index (χ1n) is 11.3. The molecule has 4 aliphatic rings. The van der Waals surface area contributed by atoms with Crippen molar-refractivity contribution in [3.63, 3.8) is 0 Å². The van der Waals surface area contributed by atoms with Gasteiger partial charge in [0.25, 0.3) is 5.91 Å². The number of nitrogens with two attached hydrogens (primary N) is 1. The van der Waals surface area contributed by atoms with Crippen molar-refractivity contribution in [3.05, 3.63) is 29.3 Å². The quantitative estimate of drug-likeness (QED) is 0.729. The molecule has 156 valence electrons. The monoisotopic (exact) mass is 396 g/mol. The molecule has 2 saturated heterocycles. The Kier molecular flexibility index (Phi) is 5.08. The molecule has 2 bridgehead atoms. The maximum Gasteiger partial charge on any atom is 0.251 e. The highest BCUT2D eigenvalue weighted by Crippen LogP contribution is 2.38. The lowest BCUT2D eigenvalue weighted by molar-refractivity contribution is -0.115. The fourth-order valence-electron chi connectivity index (χ4n) is 6.00. The van der Waals surface area contributed by atoms with Crippen LogP contribution >= 0.6 is 0 Å². The molecule has 1 aliphatic carbocycles. The zero-order chi connectivity index (χ0) is 20.0. The molecular formula is C23H32N4O2. The van der Waals surface area contributed by atoms with Crippen LogP contribution in [0.5, 0.6) is 0 Å². The topological polar surface area (TPSA) is 87.5 Å².